The molecule has 18 heavy (non-hydrogen) atoms. The fourth-order valence-corrected chi connectivity index (χ4v) is 1.67. The highest BCUT2D eigenvalue weighted by Gasteiger charge is 2.08. The third kappa shape index (κ3) is 4.85. The summed E-state index contributed by atoms with van der Waals surface area (Å²) in [7, 11) is 1.63. The van der Waals surface area contributed by atoms with E-state index in [1.807, 2.05) is 19.1 Å². The van der Waals surface area contributed by atoms with Crippen LogP contribution in [-0.4, -0.2) is 30.8 Å². The van der Waals surface area contributed by atoms with Gasteiger partial charge in [0.1, 0.15) is 0 Å². The Labute approximate surface area is 108 Å². The number of rotatable bonds is 7. The molecule has 1 amide bonds. The van der Waals surface area contributed by atoms with Gasteiger partial charge < -0.3 is 15.2 Å². The van der Waals surface area contributed by atoms with Crippen molar-refractivity contribution < 1.29 is 14.6 Å². The molecule has 1 unspecified atom stereocenters. The molecule has 1 rings (SSSR count). The number of carbonyl (C=O) groups excluding carboxylic acids is 1. The van der Waals surface area contributed by atoms with Crippen LogP contribution in [0.15, 0.2) is 24.3 Å². The number of ether oxygens (including phenoxy) is 1. The van der Waals surface area contributed by atoms with Crippen LogP contribution in [0.5, 0.6) is 0 Å². The molecule has 1 aromatic rings. The van der Waals surface area contributed by atoms with Gasteiger partial charge >= 0.3 is 0 Å². The summed E-state index contributed by atoms with van der Waals surface area (Å²) in [6, 6.07) is 7.24. The molecular formula is C14H21NO3. The maximum atomic E-state index is 11.8. The number of carbonyl (C=O) groups is 1. The number of methoxy groups -OCH3 is 1. The second kappa shape index (κ2) is 7.84. The van der Waals surface area contributed by atoms with E-state index in [-0.39, 0.29) is 5.91 Å². The van der Waals surface area contributed by atoms with Gasteiger partial charge in [-0.15, -0.1) is 0 Å². The van der Waals surface area contributed by atoms with Crippen molar-refractivity contribution >= 4 is 5.91 Å². The quantitative estimate of drug-likeness (QED) is 0.776. The standard InChI is InChI=1S/C14H21NO3/c1-3-4-13(16)9-15-14(17)12-7-5-11(6-8-12)10-18-2/h5-8,13,16H,3-4,9-10H2,1-2H3,(H,15,17). The summed E-state index contributed by atoms with van der Waals surface area (Å²) in [6.07, 6.45) is 1.14. The van der Waals surface area contributed by atoms with E-state index in [9.17, 15) is 9.90 Å². The molecule has 0 aliphatic carbocycles. The Morgan fingerprint density at radius 3 is 2.61 bits per heavy atom. The van der Waals surface area contributed by atoms with Gasteiger partial charge in [-0.2, -0.15) is 0 Å². The van der Waals surface area contributed by atoms with Gasteiger partial charge in [-0.25, -0.2) is 0 Å². The first kappa shape index (κ1) is 14.7. The van der Waals surface area contributed by atoms with Crippen LogP contribution in [0.2, 0.25) is 0 Å². The molecule has 0 aliphatic heterocycles. The minimum Gasteiger partial charge on any atom is -0.391 e. The molecule has 0 aromatic heterocycles. The lowest BCUT2D eigenvalue weighted by molar-refractivity contribution is 0.0910. The van der Waals surface area contributed by atoms with E-state index in [0.29, 0.717) is 25.1 Å². The predicted octanol–water partition coefficient (Wildman–Crippen LogP) is 1.72. The van der Waals surface area contributed by atoms with E-state index < -0.39 is 6.10 Å². The van der Waals surface area contributed by atoms with Crippen molar-refractivity contribution in [1.82, 2.24) is 5.32 Å². The first-order valence-corrected chi connectivity index (χ1v) is 6.21. The average Bonchev–Trinajstić information content (AvgIpc) is 2.37. The van der Waals surface area contributed by atoms with Crippen LogP contribution >= 0.6 is 0 Å². The van der Waals surface area contributed by atoms with E-state index in [2.05, 4.69) is 5.32 Å². The zero-order valence-corrected chi connectivity index (χ0v) is 11.0. The summed E-state index contributed by atoms with van der Waals surface area (Å²) >= 11 is 0. The molecule has 0 spiro atoms. The summed E-state index contributed by atoms with van der Waals surface area (Å²) in [5.41, 5.74) is 1.62. The number of benzene rings is 1. The third-order valence-electron chi connectivity index (χ3n) is 2.65. The maximum Gasteiger partial charge on any atom is 0.251 e. The molecule has 2 N–H and O–H groups in total. The molecule has 0 aliphatic rings. The second-order valence-corrected chi connectivity index (χ2v) is 4.28. The van der Waals surface area contributed by atoms with Crippen molar-refractivity contribution in [2.75, 3.05) is 13.7 Å². The number of amides is 1. The Morgan fingerprint density at radius 2 is 2.06 bits per heavy atom. The van der Waals surface area contributed by atoms with Crippen LogP contribution in [0.4, 0.5) is 0 Å². The first-order chi connectivity index (χ1) is 8.67. The molecule has 4 nitrogen and oxygen atoms in total. The van der Waals surface area contributed by atoms with E-state index in [0.717, 1.165) is 12.0 Å². The fourth-order valence-electron chi connectivity index (χ4n) is 1.67. The minimum atomic E-state index is -0.466. The Hall–Kier alpha value is -1.39. The Kier molecular flexibility index (Phi) is 6.39. The lowest BCUT2D eigenvalue weighted by Crippen LogP contribution is -2.31. The van der Waals surface area contributed by atoms with Crippen LogP contribution in [0, 0.1) is 0 Å². The zero-order chi connectivity index (χ0) is 13.4. The van der Waals surface area contributed by atoms with Crippen LogP contribution in [0.3, 0.4) is 0 Å². The van der Waals surface area contributed by atoms with Gasteiger partial charge in [-0.1, -0.05) is 25.5 Å². The summed E-state index contributed by atoms with van der Waals surface area (Å²) in [5.74, 6) is -0.158. The molecule has 1 atom stereocenters. The van der Waals surface area contributed by atoms with Crippen molar-refractivity contribution in [2.45, 2.75) is 32.5 Å². The summed E-state index contributed by atoms with van der Waals surface area (Å²) < 4.78 is 5.00. The molecule has 0 radical (unpaired) electrons. The number of hydrogen-bond acceptors (Lipinski definition) is 3. The number of hydrogen-bond donors (Lipinski definition) is 2. The van der Waals surface area contributed by atoms with Crippen LogP contribution in [0.1, 0.15) is 35.7 Å². The topological polar surface area (TPSA) is 58.6 Å². The zero-order valence-electron chi connectivity index (χ0n) is 11.0. The predicted molar refractivity (Wildman–Crippen MR) is 70.4 cm³/mol. The largest absolute Gasteiger partial charge is 0.391 e. The van der Waals surface area contributed by atoms with Crippen LogP contribution in [0.25, 0.3) is 0 Å². The van der Waals surface area contributed by atoms with Gasteiger partial charge in [0.25, 0.3) is 5.91 Å². The van der Waals surface area contributed by atoms with Gasteiger partial charge in [0.05, 0.1) is 12.7 Å². The Bertz CT molecular complexity index is 362. The Morgan fingerprint density at radius 1 is 1.39 bits per heavy atom. The number of aliphatic hydroxyl groups excluding tert-OH is 1. The number of nitrogens with one attached hydrogen (secondary N) is 1. The summed E-state index contributed by atoms with van der Waals surface area (Å²) in [5, 5.41) is 12.2. The monoisotopic (exact) mass is 251 g/mol. The number of aliphatic hydroxyl groups is 1. The molecule has 0 saturated heterocycles. The van der Waals surface area contributed by atoms with Gasteiger partial charge in [-0.3, -0.25) is 4.79 Å². The second-order valence-electron chi connectivity index (χ2n) is 4.28. The SMILES string of the molecule is CCCC(O)CNC(=O)c1ccc(COC)cc1. The highest BCUT2D eigenvalue weighted by atomic mass is 16.5. The molecular weight excluding hydrogens is 230 g/mol. The normalized spacial score (nSPS) is 12.2. The molecule has 0 heterocycles. The van der Waals surface area contributed by atoms with Crippen molar-refractivity contribution in [3.63, 3.8) is 0 Å². The van der Waals surface area contributed by atoms with Crippen molar-refractivity contribution in [2.24, 2.45) is 0 Å². The average molecular weight is 251 g/mol. The molecule has 0 saturated carbocycles. The first-order valence-electron chi connectivity index (χ1n) is 6.21. The van der Waals surface area contributed by atoms with E-state index in [1.165, 1.54) is 0 Å². The molecule has 100 valence electrons. The molecule has 0 bridgehead atoms. The summed E-state index contributed by atoms with van der Waals surface area (Å²) in [6.45, 7) is 2.84. The smallest absolute Gasteiger partial charge is 0.251 e. The molecule has 4 heteroatoms. The van der Waals surface area contributed by atoms with E-state index in [4.69, 9.17) is 4.74 Å². The van der Waals surface area contributed by atoms with Crippen LogP contribution < -0.4 is 5.32 Å². The minimum absolute atomic E-state index is 0.158. The van der Waals surface area contributed by atoms with E-state index in [1.54, 1.807) is 19.2 Å². The van der Waals surface area contributed by atoms with Gasteiger partial charge in [0.15, 0.2) is 0 Å². The third-order valence-corrected chi connectivity index (χ3v) is 2.65. The van der Waals surface area contributed by atoms with Gasteiger partial charge in [0, 0.05) is 19.2 Å². The summed E-state index contributed by atoms with van der Waals surface area (Å²) in [4.78, 5) is 11.8. The van der Waals surface area contributed by atoms with E-state index >= 15 is 0 Å². The lowest BCUT2D eigenvalue weighted by atomic mass is 10.1. The highest BCUT2D eigenvalue weighted by Crippen LogP contribution is 2.05. The highest BCUT2D eigenvalue weighted by molar-refractivity contribution is 5.94. The maximum absolute atomic E-state index is 11.8. The van der Waals surface area contributed by atoms with Gasteiger partial charge in [0.2, 0.25) is 0 Å². The van der Waals surface area contributed by atoms with Crippen molar-refractivity contribution in [1.29, 1.82) is 0 Å². The van der Waals surface area contributed by atoms with Crippen molar-refractivity contribution in [3.05, 3.63) is 35.4 Å². The molecule has 1 aromatic carbocycles. The molecule has 0 fully saturated rings. The van der Waals surface area contributed by atoms with Gasteiger partial charge in [-0.05, 0) is 24.1 Å². The van der Waals surface area contributed by atoms with Crippen molar-refractivity contribution in [3.8, 4) is 0 Å². The Balaban J connectivity index is 2.46. The lowest BCUT2D eigenvalue weighted by Gasteiger charge is -2.10. The fraction of sp³-hybridized carbons (Fsp3) is 0.500. The van der Waals surface area contributed by atoms with Crippen LogP contribution in [-0.2, 0) is 11.3 Å².